The molecule has 1 aliphatic heterocycles. The summed E-state index contributed by atoms with van der Waals surface area (Å²) in [5.41, 5.74) is 0. The molecule has 10 nitrogen and oxygen atoms in total. The van der Waals surface area contributed by atoms with Gasteiger partial charge in [0, 0.05) is 39.4 Å². The highest BCUT2D eigenvalue weighted by atomic mass is 32.2. The van der Waals surface area contributed by atoms with Gasteiger partial charge in [0.05, 0.1) is 12.5 Å². The Balaban J connectivity index is 1.78. The van der Waals surface area contributed by atoms with Gasteiger partial charge >= 0.3 is 0 Å². The molecule has 0 bridgehead atoms. The monoisotopic (exact) mass is 375 g/mol. The first-order valence-electron chi connectivity index (χ1n) is 7.19. The third-order valence-corrected chi connectivity index (χ3v) is 7.37. The molecule has 24 heavy (non-hydrogen) atoms. The average molecular weight is 375 g/mol. The Bertz CT molecular complexity index is 904. The molecule has 2 aromatic rings. The quantitative estimate of drug-likeness (QED) is 0.706. The Morgan fingerprint density at radius 2 is 1.71 bits per heavy atom. The number of sulfonamides is 2. The van der Waals surface area contributed by atoms with Crippen molar-refractivity contribution in [3.8, 4) is 0 Å². The Hall–Kier alpha value is -1.76. The smallest absolute Gasteiger partial charge is 0.262 e. The molecule has 132 valence electrons. The van der Waals surface area contributed by atoms with Crippen LogP contribution in [-0.4, -0.2) is 66.3 Å². The van der Waals surface area contributed by atoms with E-state index in [1.807, 2.05) is 0 Å². The van der Waals surface area contributed by atoms with E-state index in [4.69, 9.17) is 0 Å². The normalized spacial score (nSPS) is 18.5. The summed E-state index contributed by atoms with van der Waals surface area (Å²) in [5.74, 6) is 0. The highest BCUT2D eigenvalue weighted by Gasteiger charge is 2.33. The van der Waals surface area contributed by atoms with Crippen LogP contribution in [0.5, 0.6) is 0 Å². The number of rotatable bonds is 4. The zero-order valence-corrected chi connectivity index (χ0v) is 14.6. The van der Waals surface area contributed by atoms with Crippen LogP contribution in [0.3, 0.4) is 0 Å². The summed E-state index contributed by atoms with van der Waals surface area (Å²) in [4.78, 5) is 3.84. The van der Waals surface area contributed by atoms with Crippen molar-refractivity contribution >= 4 is 20.0 Å². The van der Waals surface area contributed by atoms with E-state index in [-0.39, 0.29) is 36.1 Å². The SMILES string of the molecule is Cn1cnc(S(=O)(=O)N2CCCN(S(=O)(=O)c3cnoc3)CC2)c1. The molecule has 0 unspecified atom stereocenters. The lowest BCUT2D eigenvalue weighted by molar-refractivity contribution is 0.401. The van der Waals surface area contributed by atoms with Crippen molar-refractivity contribution in [3.63, 3.8) is 0 Å². The molecular formula is C12H17N5O5S2. The van der Waals surface area contributed by atoms with Crippen molar-refractivity contribution in [2.24, 2.45) is 7.05 Å². The molecule has 1 fully saturated rings. The van der Waals surface area contributed by atoms with Gasteiger partial charge in [0.1, 0.15) is 11.2 Å². The number of hydrogen-bond acceptors (Lipinski definition) is 7. The second-order valence-electron chi connectivity index (χ2n) is 5.40. The molecule has 12 heteroatoms. The van der Waals surface area contributed by atoms with E-state index in [9.17, 15) is 16.8 Å². The first kappa shape index (κ1) is 17.1. The maximum Gasteiger partial charge on any atom is 0.262 e. The number of aryl methyl sites for hydroxylation is 1. The fourth-order valence-corrected chi connectivity index (χ4v) is 5.24. The minimum Gasteiger partial charge on any atom is -0.363 e. The average Bonchev–Trinajstić information content (AvgIpc) is 3.14. The first-order chi connectivity index (χ1) is 11.3. The minimum atomic E-state index is -3.74. The summed E-state index contributed by atoms with van der Waals surface area (Å²) < 4.78 is 58.8. The molecule has 0 radical (unpaired) electrons. The Kier molecular flexibility index (Phi) is 4.46. The van der Waals surface area contributed by atoms with E-state index in [1.54, 1.807) is 11.6 Å². The van der Waals surface area contributed by atoms with Crippen LogP contribution >= 0.6 is 0 Å². The van der Waals surface area contributed by atoms with Crippen LogP contribution in [0.15, 0.2) is 39.4 Å². The lowest BCUT2D eigenvalue weighted by Crippen LogP contribution is -2.37. The predicted molar refractivity (Wildman–Crippen MR) is 81.8 cm³/mol. The molecule has 3 heterocycles. The topological polar surface area (TPSA) is 119 Å². The Morgan fingerprint density at radius 1 is 1.04 bits per heavy atom. The zero-order valence-electron chi connectivity index (χ0n) is 12.9. The van der Waals surface area contributed by atoms with Crippen molar-refractivity contribution in [2.75, 3.05) is 26.2 Å². The molecule has 3 rings (SSSR count). The van der Waals surface area contributed by atoms with Crippen LogP contribution in [-0.2, 0) is 27.1 Å². The van der Waals surface area contributed by atoms with Crippen molar-refractivity contribution in [1.29, 1.82) is 0 Å². The summed E-state index contributed by atoms with van der Waals surface area (Å²) in [6.07, 6.45) is 5.40. The van der Waals surface area contributed by atoms with Gasteiger partial charge in [0.2, 0.25) is 10.0 Å². The highest BCUT2D eigenvalue weighted by Crippen LogP contribution is 2.20. The maximum absolute atomic E-state index is 12.6. The van der Waals surface area contributed by atoms with Crippen LogP contribution in [0, 0.1) is 0 Å². The largest absolute Gasteiger partial charge is 0.363 e. The molecule has 0 amide bonds. The van der Waals surface area contributed by atoms with Crippen molar-refractivity contribution in [1.82, 2.24) is 23.3 Å². The van der Waals surface area contributed by atoms with E-state index in [1.165, 1.54) is 21.1 Å². The van der Waals surface area contributed by atoms with Gasteiger partial charge in [-0.15, -0.1) is 0 Å². The van der Waals surface area contributed by atoms with Gasteiger partial charge in [-0.05, 0) is 6.42 Å². The standard InChI is InChI=1S/C12H17N5O5S2/c1-15-8-12(13-10-15)24(20,21)17-4-2-3-16(5-6-17)23(18,19)11-7-14-22-9-11/h7-10H,2-6H2,1H3. The zero-order chi connectivity index (χ0) is 17.4. The fraction of sp³-hybridized carbons (Fsp3) is 0.500. The second-order valence-corrected chi connectivity index (χ2v) is 9.22. The number of nitrogens with zero attached hydrogens (tertiary/aromatic N) is 5. The summed E-state index contributed by atoms with van der Waals surface area (Å²) >= 11 is 0. The third-order valence-electron chi connectivity index (χ3n) is 3.75. The summed E-state index contributed by atoms with van der Waals surface area (Å²) in [6, 6.07) is 0. The molecule has 1 aliphatic rings. The Labute approximate surface area is 139 Å². The van der Waals surface area contributed by atoms with Crippen LogP contribution in [0.4, 0.5) is 0 Å². The molecule has 0 aromatic carbocycles. The Morgan fingerprint density at radius 3 is 2.25 bits per heavy atom. The summed E-state index contributed by atoms with van der Waals surface area (Å²) in [6.45, 7) is 0.569. The minimum absolute atomic E-state index is 0.0384. The lowest BCUT2D eigenvalue weighted by atomic mass is 10.4. The second kappa shape index (κ2) is 6.27. The van der Waals surface area contributed by atoms with Crippen LogP contribution in [0.2, 0.25) is 0 Å². The van der Waals surface area contributed by atoms with Crippen LogP contribution in [0.1, 0.15) is 6.42 Å². The number of aromatic nitrogens is 3. The predicted octanol–water partition coefficient (Wildman–Crippen LogP) is -0.507. The lowest BCUT2D eigenvalue weighted by Gasteiger charge is -2.20. The molecular weight excluding hydrogens is 358 g/mol. The molecule has 2 aromatic heterocycles. The summed E-state index contributed by atoms with van der Waals surface area (Å²) in [5, 5.41) is 3.36. The van der Waals surface area contributed by atoms with Crippen LogP contribution in [0.25, 0.3) is 0 Å². The van der Waals surface area contributed by atoms with Crippen molar-refractivity contribution < 1.29 is 21.4 Å². The van der Waals surface area contributed by atoms with Gasteiger partial charge in [0.25, 0.3) is 10.0 Å². The van der Waals surface area contributed by atoms with Gasteiger partial charge in [-0.3, -0.25) is 0 Å². The molecule has 0 atom stereocenters. The van der Waals surface area contributed by atoms with Gasteiger partial charge < -0.3 is 9.09 Å². The van der Waals surface area contributed by atoms with Crippen molar-refractivity contribution in [2.45, 2.75) is 16.3 Å². The van der Waals surface area contributed by atoms with E-state index in [0.29, 0.717) is 6.42 Å². The van der Waals surface area contributed by atoms with Gasteiger partial charge in [0.15, 0.2) is 5.03 Å². The molecule has 0 saturated carbocycles. The van der Waals surface area contributed by atoms with Gasteiger partial charge in [-0.25, -0.2) is 21.8 Å². The van der Waals surface area contributed by atoms with E-state index in [0.717, 1.165) is 12.5 Å². The van der Waals surface area contributed by atoms with Gasteiger partial charge in [-0.2, -0.15) is 8.61 Å². The van der Waals surface area contributed by atoms with Gasteiger partial charge in [-0.1, -0.05) is 5.16 Å². The molecule has 0 spiro atoms. The first-order valence-corrected chi connectivity index (χ1v) is 10.1. The third kappa shape index (κ3) is 3.09. The highest BCUT2D eigenvalue weighted by molar-refractivity contribution is 7.89. The molecule has 0 aliphatic carbocycles. The molecule has 0 N–H and O–H groups in total. The van der Waals surface area contributed by atoms with E-state index < -0.39 is 20.0 Å². The van der Waals surface area contributed by atoms with Crippen LogP contribution < -0.4 is 0 Å². The maximum atomic E-state index is 12.6. The fourth-order valence-electron chi connectivity index (χ4n) is 2.48. The molecule has 1 saturated heterocycles. The van der Waals surface area contributed by atoms with E-state index >= 15 is 0 Å². The number of imidazole rings is 1. The van der Waals surface area contributed by atoms with E-state index in [2.05, 4.69) is 14.7 Å². The summed E-state index contributed by atoms with van der Waals surface area (Å²) in [7, 11) is -5.79. The van der Waals surface area contributed by atoms with Crippen molar-refractivity contribution in [3.05, 3.63) is 25.0 Å². The number of hydrogen-bond donors (Lipinski definition) is 0.